The maximum absolute atomic E-state index is 10.6. The summed E-state index contributed by atoms with van der Waals surface area (Å²) in [5, 5.41) is 13.5. The zero-order valence-electron chi connectivity index (χ0n) is 11.1. The average Bonchev–Trinajstić information content (AvgIpc) is 2.90. The molecule has 0 saturated carbocycles. The topological polar surface area (TPSA) is 61.6 Å². The molecule has 1 aromatic heterocycles. The van der Waals surface area contributed by atoms with E-state index in [4.69, 9.17) is 9.47 Å². The van der Waals surface area contributed by atoms with Crippen LogP contribution >= 0.6 is 11.3 Å². The fourth-order valence-corrected chi connectivity index (χ4v) is 2.84. The molecular formula is C15H11NO4S. The van der Waals surface area contributed by atoms with Crippen LogP contribution in [0.2, 0.25) is 0 Å². The summed E-state index contributed by atoms with van der Waals surface area (Å²) in [5.74, 6) is 2.09. The molecule has 0 spiro atoms. The van der Waals surface area contributed by atoms with Gasteiger partial charge in [0.15, 0.2) is 0 Å². The average molecular weight is 301 g/mol. The van der Waals surface area contributed by atoms with Gasteiger partial charge in [0.25, 0.3) is 5.69 Å². The molecule has 3 rings (SSSR count). The predicted molar refractivity (Wildman–Crippen MR) is 81.5 cm³/mol. The van der Waals surface area contributed by atoms with E-state index in [1.165, 1.54) is 12.1 Å². The lowest BCUT2D eigenvalue weighted by Crippen LogP contribution is -1.88. The third kappa shape index (κ3) is 2.66. The number of rotatable bonds is 4. The normalized spacial score (nSPS) is 10.5. The van der Waals surface area contributed by atoms with Crippen molar-refractivity contribution in [2.24, 2.45) is 0 Å². The molecule has 0 aliphatic rings. The van der Waals surface area contributed by atoms with Crippen LogP contribution in [-0.2, 0) is 0 Å². The molecular weight excluding hydrogens is 290 g/mol. The first-order valence-electron chi connectivity index (χ1n) is 6.15. The van der Waals surface area contributed by atoms with Gasteiger partial charge < -0.3 is 9.47 Å². The number of hydrogen-bond donors (Lipinski definition) is 0. The Labute approximate surface area is 124 Å². The van der Waals surface area contributed by atoms with Crippen molar-refractivity contribution in [3.05, 3.63) is 58.0 Å². The van der Waals surface area contributed by atoms with E-state index in [1.54, 1.807) is 30.6 Å². The third-order valence-electron chi connectivity index (χ3n) is 3.02. The van der Waals surface area contributed by atoms with Crippen molar-refractivity contribution in [3.8, 4) is 17.2 Å². The number of ether oxygens (including phenoxy) is 2. The van der Waals surface area contributed by atoms with E-state index < -0.39 is 4.92 Å². The Bertz CT molecular complexity index is 795. The fraction of sp³-hybridized carbons (Fsp3) is 0.0667. The SMILES string of the molecule is COc1ccc2c(Oc3ccc([N+](=O)[O-])cc3)csc2c1. The van der Waals surface area contributed by atoms with Crippen molar-refractivity contribution in [3.63, 3.8) is 0 Å². The highest BCUT2D eigenvalue weighted by atomic mass is 32.1. The highest BCUT2D eigenvalue weighted by Gasteiger charge is 2.09. The van der Waals surface area contributed by atoms with Gasteiger partial charge in [-0.1, -0.05) is 0 Å². The molecule has 0 bridgehead atoms. The van der Waals surface area contributed by atoms with Crippen LogP contribution in [0.25, 0.3) is 10.1 Å². The van der Waals surface area contributed by atoms with Crippen LogP contribution in [0.3, 0.4) is 0 Å². The molecule has 3 aromatic rings. The summed E-state index contributed by atoms with van der Waals surface area (Å²) in [6.07, 6.45) is 0. The molecule has 0 fully saturated rings. The van der Waals surface area contributed by atoms with Gasteiger partial charge >= 0.3 is 0 Å². The number of nitro benzene ring substituents is 1. The minimum Gasteiger partial charge on any atom is -0.497 e. The van der Waals surface area contributed by atoms with Gasteiger partial charge in [0.05, 0.1) is 12.0 Å². The number of benzene rings is 2. The van der Waals surface area contributed by atoms with Gasteiger partial charge in [-0.25, -0.2) is 0 Å². The zero-order chi connectivity index (χ0) is 14.8. The molecule has 0 aliphatic heterocycles. The maximum atomic E-state index is 10.6. The van der Waals surface area contributed by atoms with Crippen LogP contribution in [0.15, 0.2) is 47.8 Å². The molecule has 0 atom stereocenters. The summed E-state index contributed by atoms with van der Waals surface area (Å²) in [6, 6.07) is 11.8. The minimum absolute atomic E-state index is 0.0438. The number of non-ortho nitro benzene ring substituents is 1. The second-order valence-corrected chi connectivity index (χ2v) is 5.23. The van der Waals surface area contributed by atoms with Gasteiger partial charge in [0.2, 0.25) is 0 Å². The Morgan fingerprint density at radius 2 is 1.81 bits per heavy atom. The van der Waals surface area contributed by atoms with Crippen molar-refractivity contribution >= 4 is 27.1 Å². The first kappa shape index (κ1) is 13.4. The zero-order valence-corrected chi connectivity index (χ0v) is 11.9. The van der Waals surface area contributed by atoms with E-state index >= 15 is 0 Å². The van der Waals surface area contributed by atoms with Gasteiger partial charge in [-0.3, -0.25) is 10.1 Å². The lowest BCUT2D eigenvalue weighted by molar-refractivity contribution is -0.384. The molecule has 0 radical (unpaired) electrons. The Hall–Kier alpha value is -2.60. The lowest BCUT2D eigenvalue weighted by atomic mass is 10.2. The van der Waals surface area contributed by atoms with Crippen molar-refractivity contribution < 1.29 is 14.4 Å². The number of methoxy groups -OCH3 is 1. The van der Waals surface area contributed by atoms with Crippen LogP contribution in [0.4, 0.5) is 5.69 Å². The van der Waals surface area contributed by atoms with Crippen LogP contribution < -0.4 is 9.47 Å². The number of thiophene rings is 1. The van der Waals surface area contributed by atoms with Gasteiger partial charge in [-0.2, -0.15) is 0 Å². The van der Waals surface area contributed by atoms with E-state index in [0.717, 1.165) is 21.6 Å². The molecule has 0 saturated heterocycles. The Morgan fingerprint density at radius 1 is 1.10 bits per heavy atom. The van der Waals surface area contributed by atoms with Crippen molar-refractivity contribution in [1.82, 2.24) is 0 Å². The smallest absolute Gasteiger partial charge is 0.269 e. The van der Waals surface area contributed by atoms with Crippen LogP contribution in [-0.4, -0.2) is 12.0 Å². The Morgan fingerprint density at radius 3 is 2.48 bits per heavy atom. The highest BCUT2D eigenvalue weighted by Crippen LogP contribution is 2.37. The lowest BCUT2D eigenvalue weighted by Gasteiger charge is -2.04. The molecule has 0 unspecified atom stereocenters. The van der Waals surface area contributed by atoms with Crippen molar-refractivity contribution in [2.75, 3.05) is 7.11 Å². The quantitative estimate of drug-likeness (QED) is 0.521. The fourth-order valence-electron chi connectivity index (χ4n) is 1.95. The molecule has 106 valence electrons. The summed E-state index contributed by atoms with van der Waals surface area (Å²) in [6.45, 7) is 0. The molecule has 0 aliphatic carbocycles. The van der Waals surface area contributed by atoms with E-state index in [0.29, 0.717) is 5.75 Å². The van der Waals surface area contributed by atoms with Gasteiger partial charge in [0, 0.05) is 27.6 Å². The van der Waals surface area contributed by atoms with Gasteiger partial charge in [-0.05, 0) is 30.3 Å². The summed E-state index contributed by atoms with van der Waals surface area (Å²) < 4.78 is 12.0. The number of hydrogen-bond acceptors (Lipinski definition) is 5. The van der Waals surface area contributed by atoms with E-state index in [2.05, 4.69) is 0 Å². The van der Waals surface area contributed by atoms with Crippen LogP contribution in [0.5, 0.6) is 17.2 Å². The van der Waals surface area contributed by atoms with Crippen LogP contribution in [0.1, 0.15) is 0 Å². The molecule has 0 N–H and O–H groups in total. The maximum Gasteiger partial charge on any atom is 0.269 e. The molecule has 21 heavy (non-hydrogen) atoms. The molecule has 6 heteroatoms. The largest absolute Gasteiger partial charge is 0.497 e. The number of fused-ring (bicyclic) bond motifs is 1. The summed E-state index contributed by atoms with van der Waals surface area (Å²) in [4.78, 5) is 10.2. The monoisotopic (exact) mass is 301 g/mol. The van der Waals surface area contributed by atoms with E-state index in [9.17, 15) is 10.1 Å². The van der Waals surface area contributed by atoms with Gasteiger partial charge in [0.1, 0.15) is 17.2 Å². The molecule has 0 amide bonds. The van der Waals surface area contributed by atoms with Gasteiger partial charge in [-0.15, -0.1) is 11.3 Å². The highest BCUT2D eigenvalue weighted by molar-refractivity contribution is 7.17. The Kier molecular flexibility index (Phi) is 3.45. The first-order valence-corrected chi connectivity index (χ1v) is 7.03. The standard InChI is InChI=1S/C15H11NO4S/c1-19-12-6-7-13-14(9-21-15(13)8-12)20-11-4-2-10(3-5-11)16(17)18/h2-9H,1H3. The van der Waals surface area contributed by atoms with Crippen LogP contribution in [0, 0.1) is 10.1 Å². The number of nitro groups is 1. The number of nitrogens with zero attached hydrogens (tertiary/aromatic N) is 1. The summed E-state index contributed by atoms with van der Waals surface area (Å²) in [5.41, 5.74) is 0.0438. The molecule has 5 nitrogen and oxygen atoms in total. The van der Waals surface area contributed by atoms with E-state index in [1.807, 2.05) is 23.6 Å². The molecule has 2 aromatic carbocycles. The molecule has 1 heterocycles. The first-order chi connectivity index (χ1) is 10.2. The second kappa shape index (κ2) is 5.41. The predicted octanol–water partition coefficient (Wildman–Crippen LogP) is 4.61. The second-order valence-electron chi connectivity index (χ2n) is 4.32. The summed E-state index contributed by atoms with van der Waals surface area (Å²) in [7, 11) is 1.63. The minimum atomic E-state index is -0.434. The third-order valence-corrected chi connectivity index (χ3v) is 3.95. The van der Waals surface area contributed by atoms with E-state index in [-0.39, 0.29) is 5.69 Å². The van der Waals surface area contributed by atoms with Crippen molar-refractivity contribution in [1.29, 1.82) is 0 Å². The Balaban J connectivity index is 1.89. The van der Waals surface area contributed by atoms with Crippen molar-refractivity contribution in [2.45, 2.75) is 0 Å². The summed E-state index contributed by atoms with van der Waals surface area (Å²) >= 11 is 1.56.